The Bertz CT molecular complexity index is 590. The van der Waals surface area contributed by atoms with Crippen molar-refractivity contribution in [2.45, 2.75) is 6.92 Å². The van der Waals surface area contributed by atoms with E-state index in [2.05, 4.69) is 5.10 Å². The van der Waals surface area contributed by atoms with Gasteiger partial charge in [-0.2, -0.15) is 5.10 Å². The van der Waals surface area contributed by atoms with Crippen LogP contribution in [0, 0.1) is 12.7 Å². The minimum atomic E-state index is -1.07. The lowest BCUT2D eigenvalue weighted by Crippen LogP contribution is -2.02. The van der Waals surface area contributed by atoms with Crippen LogP contribution in [0.1, 0.15) is 15.9 Å². The molecule has 0 bridgehead atoms. The van der Waals surface area contributed by atoms with Crippen molar-refractivity contribution in [2.75, 3.05) is 0 Å². The standard InChI is InChI=1S/C12H11FN2O2/c1-7-8(4-3-5-10(7)13)11-9(12(16)17)6-14-15(11)2/h3-6H,1-2H3,(H,16,17). The van der Waals surface area contributed by atoms with Gasteiger partial charge in [0.1, 0.15) is 11.4 Å². The number of carbonyl (C=O) groups is 1. The lowest BCUT2D eigenvalue weighted by Gasteiger charge is -2.08. The molecule has 5 heteroatoms. The van der Waals surface area contributed by atoms with Crippen LogP contribution < -0.4 is 0 Å². The summed E-state index contributed by atoms with van der Waals surface area (Å²) >= 11 is 0. The molecule has 0 aliphatic rings. The van der Waals surface area contributed by atoms with Crippen LogP contribution in [-0.4, -0.2) is 20.9 Å². The summed E-state index contributed by atoms with van der Waals surface area (Å²) in [6.07, 6.45) is 1.27. The van der Waals surface area contributed by atoms with Gasteiger partial charge in [-0.15, -0.1) is 0 Å². The Kier molecular flexibility index (Phi) is 2.67. The van der Waals surface area contributed by atoms with Gasteiger partial charge < -0.3 is 5.11 Å². The summed E-state index contributed by atoms with van der Waals surface area (Å²) in [5.74, 6) is -1.43. The zero-order valence-electron chi connectivity index (χ0n) is 9.44. The Morgan fingerprint density at radius 3 is 2.82 bits per heavy atom. The van der Waals surface area contributed by atoms with Crippen molar-refractivity contribution < 1.29 is 14.3 Å². The fourth-order valence-electron chi connectivity index (χ4n) is 1.78. The van der Waals surface area contributed by atoms with Crippen LogP contribution in [0.25, 0.3) is 11.3 Å². The molecule has 1 N–H and O–H groups in total. The molecule has 0 spiro atoms. The van der Waals surface area contributed by atoms with Gasteiger partial charge in [-0.25, -0.2) is 9.18 Å². The maximum absolute atomic E-state index is 13.5. The summed E-state index contributed by atoms with van der Waals surface area (Å²) in [6, 6.07) is 4.58. The first-order chi connectivity index (χ1) is 8.02. The van der Waals surface area contributed by atoms with E-state index in [9.17, 15) is 9.18 Å². The fourth-order valence-corrected chi connectivity index (χ4v) is 1.78. The minimum absolute atomic E-state index is 0.0706. The average molecular weight is 234 g/mol. The number of aromatic carboxylic acids is 1. The van der Waals surface area contributed by atoms with Gasteiger partial charge in [-0.3, -0.25) is 4.68 Å². The highest BCUT2D eigenvalue weighted by Gasteiger charge is 2.18. The maximum atomic E-state index is 13.5. The van der Waals surface area contributed by atoms with E-state index in [-0.39, 0.29) is 11.4 Å². The number of carboxylic acid groups (broad SMARTS) is 1. The number of aromatic nitrogens is 2. The Morgan fingerprint density at radius 2 is 2.18 bits per heavy atom. The number of hydrogen-bond donors (Lipinski definition) is 1. The number of carboxylic acids is 1. The number of hydrogen-bond acceptors (Lipinski definition) is 2. The molecule has 0 aliphatic carbocycles. The highest BCUT2D eigenvalue weighted by Crippen LogP contribution is 2.27. The summed E-state index contributed by atoms with van der Waals surface area (Å²) < 4.78 is 14.9. The predicted molar refractivity (Wildman–Crippen MR) is 60.3 cm³/mol. The van der Waals surface area contributed by atoms with Crippen LogP contribution in [0.2, 0.25) is 0 Å². The molecule has 17 heavy (non-hydrogen) atoms. The second kappa shape index (κ2) is 4.01. The molecule has 2 aromatic rings. The molecule has 4 nitrogen and oxygen atoms in total. The van der Waals surface area contributed by atoms with Gasteiger partial charge in [0, 0.05) is 12.6 Å². The lowest BCUT2D eigenvalue weighted by molar-refractivity contribution is 0.0697. The fraction of sp³-hybridized carbons (Fsp3) is 0.167. The zero-order chi connectivity index (χ0) is 12.6. The van der Waals surface area contributed by atoms with Gasteiger partial charge >= 0.3 is 5.97 Å². The van der Waals surface area contributed by atoms with E-state index in [0.717, 1.165) is 0 Å². The summed E-state index contributed by atoms with van der Waals surface area (Å²) in [6.45, 7) is 1.61. The average Bonchev–Trinajstić information content (AvgIpc) is 2.65. The van der Waals surface area contributed by atoms with Crippen molar-refractivity contribution in [3.63, 3.8) is 0 Å². The van der Waals surface area contributed by atoms with Crippen LogP contribution in [0.15, 0.2) is 24.4 Å². The first kappa shape index (κ1) is 11.3. The molecule has 0 radical (unpaired) electrons. The number of rotatable bonds is 2. The predicted octanol–water partition coefficient (Wildman–Crippen LogP) is 2.23. The molecular formula is C12H11FN2O2. The van der Waals surface area contributed by atoms with E-state index < -0.39 is 5.97 Å². The van der Waals surface area contributed by atoms with Gasteiger partial charge in [-0.1, -0.05) is 12.1 Å². The molecule has 1 aromatic heterocycles. The summed E-state index contributed by atoms with van der Waals surface area (Å²) in [5, 5.41) is 13.0. The second-order valence-corrected chi connectivity index (χ2v) is 3.75. The van der Waals surface area contributed by atoms with Crippen molar-refractivity contribution in [1.29, 1.82) is 0 Å². The molecule has 0 atom stereocenters. The lowest BCUT2D eigenvalue weighted by atomic mass is 10.0. The molecule has 0 amide bonds. The Balaban J connectivity index is 2.72. The third-order valence-electron chi connectivity index (χ3n) is 2.69. The molecule has 1 aromatic carbocycles. The van der Waals surface area contributed by atoms with Gasteiger partial charge in [0.2, 0.25) is 0 Å². The van der Waals surface area contributed by atoms with E-state index in [1.807, 2.05) is 0 Å². The Hall–Kier alpha value is -2.17. The number of aryl methyl sites for hydroxylation is 1. The summed E-state index contributed by atoms with van der Waals surface area (Å²) in [4.78, 5) is 11.1. The second-order valence-electron chi connectivity index (χ2n) is 3.75. The SMILES string of the molecule is Cc1c(F)cccc1-c1c(C(=O)O)cnn1C. The van der Waals surface area contributed by atoms with Crippen molar-refractivity contribution in [3.05, 3.63) is 41.3 Å². The van der Waals surface area contributed by atoms with E-state index >= 15 is 0 Å². The van der Waals surface area contributed by atoms with Crippen molar-refractivity contribution in [1.82, 2.24) is 9.78 Å². The molecule has 1 heterocycles. The summed E-state index contributed by atoms with van der Waals surface area (Å²) in [5.41, 5.74) is 1.44. The maximum Gasteiger partial charge on any atom is 0.339 e. The normalized spacial score (nSPS) is 10.5. The third kappa shape index (κ3) is 1.80. The number of benzene rings is 1. The quantitative estimate of drug-likeness (QED) is 0.866. The van der Waals surface area contributed by atoms with Crippen LogP contribution in [0.5, 0.6) is 0 Å². The molecule has 88 valence electrons. The van der Waals surface area contributed by atoms with Crippen LogP contribution in [-0.2, 0) is 7.05 Å². The monoisotopic (exact) mass is 234 g/mol. The highest BCUT2D eigenvalue weighted by atomic mass is 19.1. The molecule has 0 fully saturated rings. The van der Waals surface area contributed by atoms with Crippen molar-refractivity contribution in [3.8, 4) is 11.3 Å². The van der Waals surface area contributed by atoms with Gasteiger partial charge in [-0.05, 0) is 18.6 Å². The van der Waals surface area contributed by atoms with Crippen LogP contribution >= 0.6 is 0 Å². The number of nitrogens with zero attached hydrogens (tertiary/aromatic N) is 2. The van der Waals surface area contributed by atoms with Gasteiger partial charge in [0.15, 0.2) is 0 Å². The highest BCUT2D eigenvalue weighted by molar-refractivity contribution is 5.95. The minimum Gasteiger partial charge on any atom is -0.478 e. The van der Waals surface area contributed by atoms with Crippen LogP contribution in [0.4, 0.5) is 4.39 Å². The molecule has 2 rings (SSSR count). The first-order valence-corrected chi connectivity index (χ1v) is 5.03. The van der Waals surface area contributed by atoms with Gasteiger partial charge in [0.25, 0.3) is 0 Å². The Morgan fingerprint density at radius 1 is 1.47 bits per heavy atom. The summed E-state index contributed by atoms with van der Waals surface area (Å²) in [7, 11) is 1.63. The molecule has 0 saturated heterocycles. The zero-order valence-corrected chi connectivity index (χ0v) is 9.44. The van der Waals surface area contributed by atoms with Crippen molar-refractivity contribution in [2.24, 2.45) is 7.05 Å². The van der Waals surface area contributed by atoms with E-state index in [4.69, 9.17) is 5.11 Å². The van der Waals surface area contributed by atoms with Crippen molar-refractivity contribution >= 4 is 5.97 Å². The Labute approximate surface area is 97.3 Å². The molecule has 0 unspecified atom stereocenters. The van der Waals surface area contributed by atoms with E-state index in [1.54, 1.807) is 26.1 Å². The smallest absolute Gasteiger partial charge is 0.339 e. The van der Waals surface area contributed by atoms with Crippen LogP contribution in [0.3, 0.4) is 0 Å². The molecule has 0 saturated carbocycles. The van der Waals surface area contributed by atoms with E-state index in [1.165, 1.54) is 16.9 Å². The topological polar surface area (TPSA) is 55.1 Å². The van der Waals surface area contributed by atoms with Gasteiger partial charge in [0.05, 0.1) is 11.9 Å². The third-order valence-corrected chi connectivity index (χ3v) is 2.69. The molecule has 0 aliphatic heterocycles. The van der Waals surface area contributed by atoms with E-state index in [0.29, 0.717) is 16.8 Å². The number of halogens is 1. The molecular weight excluding hydrogens is 223 g/mol. The first-order valence-electron chi connectivity index (χ1n) is 5.03. The largest absolute Gasteiger partial charge is 0.478 e.